The smallest absolute Gasteiger partial charge is 0.345 e. The second kappa shape index (κ2) is 5.72. The first-order chi connectivity index (χ1) is 9.52. The minimum Gasteiger partial charge on any atom is -0.477 e. The summed E-state index contributed by atoms with van der Waals surface area (Å²) in [5.41, 5.74) is 1.18. The van der Waals surface area contributed by atoms with Crippen molar-refractivity contribution >= 4 is 23.0 Å². The molecule has 1 aromatic heterocycles. The normalized spacial score (nSPS) is 10.1. The molecule has 0 bridgehead atoms. The van der Waals surface area contributed by atoms with Gasteiger partial charge < -0.3 is 10.4 Å². The number of thiophene rings is 1. The van der Waals surface area contributed by atoms with Crippen LogP contribution in [0.4, 0.5) is 10.1 Å². The van der Waals surface area contributed by atoms with Crippen LogP contribution in [0.2, 0.25) is 0 Å². The molecule has 2 aromatic rings. The van der Waals surface area contributed by atoms with Gasteiger partial charge in [-0.3, -0.25) is 0 Å². The van der Waals surface area contributed by atoms with Gasteiger partial charge >= 0.3 is 5.97 Å². The van der Waals surface area contributed by atoms with E-state index < -0.39 is 11.8 Å². The fraction of sp³-hybridized carbons (Fsp3) is 0.143. The number of carbonyl (C=O) groups is 1. The van der Waals surface area contributed by atoms with E-state index in [-0.39, 0.29) is 10.4 Å². The summed E-state index contributed by atoms with van der Waals surface area (Å²) in [7, 11) is 0. The molecule has 1 aromatic carbocycles. The summed E-state index contributed by atoms with van der Waals surface area (Å²) in [6, 6.07) is 7.75. The summed E-state index contributed by atoms with van der Waals surface area (Å²) in [6.07, 6.45) is 0. The number of benzene rings is 1. The van der Waals surface area contributed by atoms with Gasteiger partial charge in [0, 0.05) is 11.4 Å². The van der Waals surface area contributed by atoms with Crippen molar-refractivity contribution in [2.45, 2.75) is 13.5 Å². The fourth-order valence-electron chi connectivity index (χ4n) is 1.78. The number of halogens is 1. The molecule has 0 fully saturated rings. The van der Waals surface area contributed by atoms with Gasteiger partial charge in [0.2, 0.25) is 0 Å². The minimum absolute atomic E-state index is 0.0427. The van der Waals surface area contributed by atoms with Crippen LogP contribution >= 0.6 is 11.3 Å². The zero-order valence-corrected chi connectivity index (χ0v) is 11.4. The Morgan fingerprint density at radius 2 is 2.30 bits per heavy atom. The lowest BCUT2D eigenvalue weighted by molar-refractivity contribution is 0.0702. The summed E-state index contributed by atoms with van der Waals surface area (Å²) in [6.45, 7) is 2.17. The van der Waals surface area contributed by atoms with Crippen LogP contribution in [0.3, 0.4) is 0 Å². The van der Waals surface area contributed by atoms with Gasteiger partial charge in [0.15, 0.2) is 0 Å². The third kappa shape index (κ3) is 2.78. The fourth-order valence-corrected chi connectivity index (χ4v) is 2.66. The van der Waals surface area contributed by atoms with Gasteiger partial charge in [0.1, 0.15) is 22.3 Å². The lowest BCUT2D eigenvalue weighted by Crippen LogP contribution is -2.02. The van der Waals surface area contributed by atoms with E-state index in [1.807, 2.05) is 13.0 Å². The predicted molar refractivity (Wildman–Crippen MR) is 74.5 cm³/mol. The Labute approximate surface area is 119 Å². The van der Waals surface area contributed by atoms with Crippen LogP contribution in [0.5, 0.6) is 0 Å². The summed E-state index contributed by atoms with van der Waals surface area (Å²) >= 11 is 1.19. The number of nitriles is 1. The first kappa shape index (κ1) is 14.0. The van der Waals surface area contributed by atoms with Gasteiger partial charge in [-0.2, -0.15) is 5.26 Å². The van der Waals surface area contributed by atoms with E-state index in [0.29, 0.717) is 12.2 Å². The zero-order valence-electron chi connectivity index (χ0n) is 10.6. The molecular formula is C14H11FN2O2S. The van der Waals surface area contributed by atoms with E-state index in [1.165, 1.54) is 23.5 Å². The van der Waals surface area contributed by atoms with E-state index >= 15 is 0 Å². The van der Waals surface area contributed by atoms with E-state index in [2.05, 4.69) is 5.32 Å². The molecule has 2 N–H and O–H groups in total. The highest BCUT2D eigenvalue weighted by molar-refractivity contribution is 7.14. The second-order valence-electron chi connectivity index (χ2n) is 4.12. The Kier molecular flexibility index (Phi) is 4.01. The topological polar surface area (TPSA) is 73.1 Å². The molecule has 1 heterocycles. The molecule has 0 unspecified atom stereocenters. The molecule has 0 saturated carbocycles. The Balaban J connectivity index is 2.20. The zero-order chi connectivity index (χ0) is 14.7. The van der Waals surface area contributed by atoms with E-state index in [9.17, 15) is 9.18 Å². The molecule has 0 spiro atoms. The van der Waals surface area contributed by atoms with Crippen molar-refractivity contribution in [1.29, 1.82) is 5.26 Å². The number of hydrogen-bond donors (Lipinski definition) is 2. The highest BCUT2D eigenvalue weighted by Gasteiger charge is 2.12. The van der Waals surface area contributed by atoms with Crippen LogP contribution in [-0.2, 0) is 6.54 Å². The number of nitrogens with zero attached hydrogens (tertiary/aromatic N) is 1. The van der Waals surface area contributed by atoms with Crippen molar-refractivity contribution in [2.24, 2.45) is 0 Å². The van der Waals surface area contributed by atoms with Gasteiger partial charge in [-0.1, -0.05) is 6.07 Å². The van der Waals surface area contributed by atoms with Gasteiger partial charge in [0.05, 0.1) is 5.69 Å². The summed E-state index contributed by atoms with van der Waals surface area (Å²) < 4.78 is 13.4. The van der Waals surface area contributed by atoms with Crippen molar-refractivity contribution in [3.63, 3.8) is 0 Å². The van der Waals surface area contributed by atoms with Gasteiger partial charge in [-0.05, 0) is 30.7 Å². The van der Waals surface area contributed by atoms with Crippen LogP contribution < -0.4 is 5.32 Å². The first-order valence-electron chi connectivity index (χ1n) is 5.78. The lowest BCUT2D eigenvalue weighted by Gasteiger charge is -2.08. The highest BCUT2D eigenvalue weighted by Crippen LogP contribution is 2.24. The molecule has 4 nitrogen and oxygen atoms in total. The number of rotatable bonds is 4. The Hall–Kier alpha value is -2.39. The summed E-state index contributed by atoms with van der Waals surface area (Å²) in [5, 5.41) is 20.8. The molecule has 0 aliphatic heterocycles. The quantitative estimate of drug-likeness (QED) is 0.905. The number of carboxylic acid groups (broad SMARTS) is 1. The van der Waals surface area contributed by atoms with Crippen molar-refractivity contribution in [2.75, 3.05) is 5.32 Å². The summed E-state index contributed by atoms with van der Waals surface area (Å²) in [4.78, 5) is 12.0. The number of carboxylic acids is 1. The number of aryl methyl sites for hydroxylation is 1. The van der Waals surface area contributed by atoms with Crippen LogP contribution in [-0.4, -0.2) is 11.1 Å². The number of nitrogens with one attached hydrogen (secondary N) is 1. The number of aromatic carboxylic acids is 1. The molecule has 0 amide bonds. The third-order valence-corrected chi connectivity index (χ3v) is 3.91. The molecule has 0 aliphatic carbocycles. The number of anilines is 1. The molecule has 2 rings (SSSR count). The van der Waals surface area contributed by atoms with Crippen LogP contribution in [0.15, 0.2) is 24.3 Å². The Morgan fingerprint density at radius 1 is 1.55 bits per heavy atom. The van der Waals surface area contributed by atoms with Crippen LogP contribution in [0.1, 0.15) is 25.7 Å². The van der Waals surface area contributed by atoms with Crippen LogP contribution in [0, 0.1) is 24.1 Å². The third-order valence-electron chi connectivity index (χ3n) is 2.83. The minimum atomic E-state index is -0.965. The molecule has 0 atom stereocenters. The molecule has 0 aliphatic rings. The maximum atomic E-state index is 13.4. The van der Waals surface area contributed by atoms with E-state index in [4.69, 9.17) is 10.4 Å². The SMILES string of the molecule is Cc1sc(C(=O)O)cc1CNc1cccc(F)c1C#N. The van der Waals surface area contributed by atoms with Crippen molar-refractivity contribution in [3.8, 4) is 6.07 Å². The lowest BCUT2D eigenvalue weighted by atomic mass is 10.1. The average molecular weight is 290 g/mol. The molecule has 20 heavy (non-hydrogen) atoms. The number of hydrogen-bond acceptors (Lipinski definition) is 4. The maximum absolute atomic E-state index is 13.4. The standard InChI is InChI=1S/C14H11FN2O2S/c1-8-9(5-13(20-8)14(18)19)7-17-12-4-2-3-11(15)10(12)6-16/h2-5,17H,7H2,1H3,(H,18,19). The largest absolute Gasteiger partial charge is 0.477 e. The summed E-state index contributed by atoms with van der Waals surface area (Å²) in [5.74, 6) is -1.54. The molecule has 102 valence electrons. The predicted octanol–water partition coefficient (Wildman–Crippen LogP) is 3.38. The maximum Gasteiger partial charge on any atom is 0.345 e. The molecule has 0 radical (unpaired) electrons. The van der Waals surface area contributed by atoms with E-state index in [0.717, 1.165) is 10.4 Å². The van der Waals surface area contributed by atoms with Crippen molar-refractivity contribution < 1.29 is 14.3 Å². The Bertz CT molecular complexity index is 704. The van der Waals surface area contributed by atoms with Crippen molar-refractivity contribution in [1.82, 2.24) is 0 Å². The van der Waals surface area contributed by atoms with Crippen LogP contribution in [0.25, 0.3) is 0 Å². The molecule has 6 heteroatoms. The second-order valence-corrected chi connectivity index (χ2v) is 5.38. The van der Waals surface area contributed by atoms with Gasteiger partial charge in [-0.15, -0.1) is 11.3 Å². The van der Waals surface area contributed by atoms with E-state index in [1.54, 1.807) is 12.1 Å². The molecule has 0 saturated heterocycles. The molecular weight excluding hydrogens is 279 g/mol. The van der Waals surface area contributed by atoms with Gasteiger partial charge in [0.25, 0.3) is 0 Å². The Morgan fingerprint density at radius 3 is 2.90 bits per heavy atom. The highest BCUT2D eigenvalue weighted by atomic mass is 32.1. The monoisotopic (exact) mass is 290 g/mol. The first-order valence-corrected chi connectivity index (χ1v) is 6.59. The van der Waals surface area contributed by atoms with Gasteiger partial charge in [-0.25, -0.2) is 9.18 Å². The van der Waals surface area contributed by atoms with Crippen molar-refractivity contribution in [3.05, 3.63) is 51.0 Å². The average Bonchev–Trinajstić information content (AvgIpc) is 2.78.